The van der Waals surface area contributed by atoms with Crippen LogP contribution < -0.4 is 0 Å². The van der Waals surface area contributed by atoms with E-state index in [0.29, 0.717) is 11.1 Å². The Bertz CT molecular complexity index is 3220. The number of aryl methyl sites for hydroxylation is 1. The first kappa shape index (κ1) is 32.0. The van der Waals surface area contributed by atoms with Crippen molar-refractivity contribution in [2.45, 2.75) is 6.92 Å². The van der Waals surface area contributed by atoms with Gasteiger partial charge in [0.25, 0.3) is 0 Å². The number of hydrogen-bond acceptors (Lipinski definition) is 3. The predicted molar refractivity (Wildman–Crippen MR) is 223 cm³/mol. The van der Waals surface area contributed by atoms with E-state index in [0.717, 1.165) is 83.4 Å². The molecule has 0 aliphatic heterocycles. The summed E-state index contributed by atoms with van der Waals surface area (Å²) >= 11 is 0. The Balaban J connectivity index is 1.23. The molecule has 0 fully saturated rings. The molecule has 10 aromatic rings. The van der Waals surface area contributed by atoms with Crippen LogP contribution in [0.25, 0.3) is 88.6 Å². The van der Waals surface area contributed by atoms with Gasteiger partial charge in [0.1, 0.15) is 0 Å². The maximum absolute atomic E-state index is 9.83. The minimum atomic E-state index is 0.615. The topological polar surface area (TPSA) is 70.3 Å². The second-order valence-electron chi connectivity index (χ2n) is 14.0. The van der Waals surface area contributed by atoms with Gasteiger partial charge in [0, 0.05) is 44.0 Å². The molecule has 0 saturated carbocycles. The molecule has 0 aliphatic carbocycles. The molecular formula is C50H31N5. The smallest absolute Gasteiger partial charge is 0.0991 e. The zero-order valence-corrected chi connectivity index (χ0v) is 29.9. The molecule has 0 saturated heterocycles. The lowest BCUT2D eigenvalue weighted by Crippen LogP contribution is -1.97. The first-order valence-electron chi connectivity index (χ1n) is 18.2. The van der Waals surface area contributed by atoms with Crippen molar-refractivity contribution >= 4 is 43.6 Å². The average molecular weight is 702 g/mol. The molecule has 0 bridgehead atoms. The molecule has 0 amide bonds. The highest BCUT2D eigenvalue weighted by molar-refractivity contribution is 6.11. The molecule has 256 valence electrons. The van der Waals surface area contributed by atoms with E-state index < -0.39 is 0 Å². The highest BCUT2D eigenvalue weighted by Gasteiger charge is 2.18. The fraction of sp³-hybridized carbons (Fsp3) is 0.0200. The molecule has 5 heteroatoms. The van der Waals surface area contributed by atoms with Crippen molar-refractivity contribution in [1.29, 1.82) is 10.5 Å². The third-order valence-corrected chi connectivity index (χ3v) is 10.6. The van der Waals surface area contributed by atoms with Crippen LogP contribution in [0.3, 0.4) is 0 Å². The summed E-state index contributed by atoms with van der Waals surface area (Å²) in [6.45, 7) is 2.10. The number of fused-ring (bicyclic) bond motifs is 6. The number of hydrogen-bond donors (Lipinski definition) is 0. The summed E-state index contributed by atoms with van der Waals surface area (Å²) < 4.78 is 4.65. The molecule has 3 aromatic heterocycles. The van der Waals surface area contributed by atoms with Crippen molar-refractivity contribution < 1.29 is 0 Å². The summed E-state index contributed by atoms with van der Waals surface area (Å²) in [7, 11) is 0. The van der Waals surface area contributed by atoms with Crippen molar-refractivity contribution in [2.75, 3.05) is 0 Å². The van der Waals surface area contributed by atoms with Gasteiger partial charge in [0.2, 0.25) is 0 Å². The van der Waals surface area contributed by atoms with Crippen LogP contribution in [-0.4, -0.2) is 14.1 Å². The van der Waals surface area contributed by atoms with E-state index in [1.807, 2.05) is 48.5 Å². The van der Waals surface area contributed by atoms with Gasteiger partial charge in [0.05, 0.1) is 56.7 Å². The van der Waals surface area contributed by atoms with Crippen LogP contribution in [0.2, 0.25) is 0 Å². The third-order valence-electron chi connectivity index (χ3n) is 10.6. The Kier molecular flexibility index (Phi) is 7.40. The average Bonchev–Trinajstić information content (AvgIpc) is 3.75. The van der Waals surface area contributed by atoms with E-state index in [9.17, 15) is 10.5 Å². The van der Waals surface area contributed by atoms with E-state index in [1.54, 1.807) is 0 Å². The molecule has 3 heterocycles. The lowest BCUT2D eigenvalue weighted by Gasteiger charge is -2.15. The standard InChI is InChI=1S/C50H31N5/c1-32-14-21-48-42(24-32)43-25-34(31-52)17-22-49(43)55(48)40-27-37(26-38(28-40)46-12-7-11-45(53-46)35-18-15-33(30-51)16-19-35)36-20-23-50-44(29-36)41-10-5-6-13-47(41)54(50)39-8-3-2-4-9-39/h2-29H,1H3. The van der Waals surface area contributed by atoms with E-state index >= 15 is 0 Å². The number of para-hydroxylation sites is 2. The van der Waals surface area contributed by atoms with Crippen molar-refractivity contribution in [1.82, 2.24) is 14.1 Å². The third kappa shape index (κ3) is 5.34. The van der Waals surface area contributed by atoms with Crippen molar-refractivity contribution in [3.8, 4) is 57.2 Å². The Morgan fingerprint density at radius 3 is 1.76 bits per heavy atom. The van der Waals surface area contributed by atoms with E-state index in [-0.39, 0.29) is 0 Å². The van der Waals surface area contributed by atoms with Crippen LogP contribution in [0.4, 0.5) is 0 Å². The molecule has 0 aliphatic rings. The van der Waals surface area contributed by atoms with E-state index in [4.69, 9.17) is 4.98 Å². The zero-order valence-electron chi connectivity index (χ0n) is 29.9. The number of rotatable bonds is 5. The van der Waals surface area contributed by atoms with Gasteiger partial charge < -0.3 is 9.13 Å². The fourth-order valence-electron chi connectivity index (χ4n) is 8.02. The maximum Gasteiger partial charge on any atom is 0.0991 e. The van der Waals surface area contributed by atoms with Crippen molar-refractivity contribution in [2.24, 2.45) is 0 Å². The quantitative estimate of drug-likeness (QED) is 0.179. The van der Waals surface area contributed by atoms with Crippen LogP contribution in [0.5, 0.6) is 0 Å². The molecule has 0 atom stereocenters. The SMILES string of the molecule is Cc1ccc2c(c1)c1cc(C#N)ccc1n2-c1cc(-c2ccc3c(c2)c2ccccc2n3-c2ccccc2)cc(-c2cccc(-c3ccc(C#N)cc3)n2)c1. The van der Waals surface area contributed by atoms with Gasteiger partial charge in [0.15, 0.2) is 0 Å². The van der Waals surface area contributed by atoms with Gasteiger partial charge in [-0.15, -0.1) is 0 Å². The lowest BCUT2D eigenvalue weighted by atomic mass is 9.98. The number of nitrogens with zero attached hydrogens (tertiary/aromatic N) is 5. The fourth-order valence-corrected chi connectivity index (χ4v) is 8.02. The number of nitriles is 2. The van der Waals surface area contributed by atoms with Gasteiger partial charge in [-0.3, -0.25) is 0 Å². The van der Waals surface area contributed by atoms with Crippen LogP contribution >= 0.6 is 0 Å². The number of pyridine rings is 1. The summed E-state index contributed by atoms with van der Waals surface area (Å²) in [4.78, 5) is 5.18. The molecule has 7 aromatic carbocycles. The summed E-state index contributed by atoms with van der Waals surface area (Å²) in [6.07, 6.45) is 0. The number of aromatic nitrogens is 3. The van der Waals surface area contributed by atoms with E-state index in [2.05, 4.69) is 150 Å². The first-order chi connectivity index (χ1) is 27.1. The van der Waals surface area contributed by atoms with Crippen LogP contribution in [0.15, 0.2) is 170 Å². The molecule has 5 nitrogen and oxygen atoms in total. The van der Waals surface area contributed by atoms with Crippen LogP contribution in [0, 0.1) is 29.6 Å². The summed E-state index contributed by atoms with van der Waals surface area (Å²) in [5.74, 6) is 0. The van der Waals surface area contributed by atoms with Gasteiger partial charge in [-0.05, 0) is 121 Å². The highest BCUT2D eigenvalue weighted by atomic mass is 15.0. The Hall–Kier alpha value is -7.73. The first-order valence-corrected chi connectivity index (χ1v) is 18.2. The summed E-state index contributed by atoms with van der Waals surface area (Å²) in [5, 5.41) is 23.7. The largest absolute Gasteiger partial charge is 0.309 e. The minimum absolute atomic E-state index is 0.615. The molecule has 0 spiro atoms. The molecule has 0 unspecified atom stereocenters. The van der Waals surface area contributed by atoms with Crippen molar-refractivity contribution in [3.63, 3.8) is 0 Å². The molecule has 0 radical (unpaired) electrons. The summed E-state index contributed by atoms with van der Waals surface area (Å²) in [5.41, 5.74) is 14.7. The minimum Gasteiger partial charge on any atom is -0.309 e. The molecule has 10 rings (SSSR count). The van der Waals surface area contributed by atoms with Gasteiger partial charge in [-0.2, -0.15) is 10.5 Å². The predicted octanol–water partition coefficient (Wildman–Crippen LogP) is 12.3. The normalized spacial score (nSPS) is 11.3. The second kappa shape index (κ2) is 12.7. The Morgan fingerprint density at radius 1 is 0.400 bits per heavy atom. The maximum atomic E-state index is 9.83. The molecular weight excluding hydrogens is 671 g/mol. The zero-order chi connectivity index (χ0) is 37.0. The lowest BCUT2D eigenvalue weighted by molar-refractivity contribution is 1.18. The van der Waals surface area contributed by atoms with Gasteiger partial charge >= 0.3 is 0 Å². The van der Waals surface area contributed by atoms with Crippen LogP contribution in [0.1, 0.15) is 16.7 Å². The molecule has 0 N–H and O–H groups in total. The van der Waals surface area contributed by atoms with Gasteiger partial charge in [-0.25, -0.2) is 4.98 Å². The summed E-state index contributed by atoms with van der Waals surface area (Å²) in [6, 6.07) is 63.3. The molecule has 55 heavy (non-hydrogen) atoms. The second-order valence-corrected chi connectivity index (χ2v) is 14.0. The van der Waals surface area contributed by atoms with E-state index in [1.165, 1.54) is 10.8 Å². The highest BCUT2D eigenvalue weighted by Crippen LogP contribution is 2.39. The Morgan fingerprint density at radius 2 is 0.982 bits per heavy atom. The number of benzene rings is 7. The van der Waals surface area contributed by atoms with Gasteiger partial charge in [-0.1, -0.05) is 72.3 Å². The Labute approximate surface area is 317 Å². The van der Waals surface area contributed by atoms with Crippen molar-refractivity contribution in [3.05, 3.63) is 187 Å². The van der Waals surface area contributed by atoms with Crippen LogP contribution in [-0.2, 0) is 0 Å². The monoisotopic (exact) mass is 701 g/mol.